The second kappa shape index (κ2) is 6.85. The van der Waals surface area contributed by atoms with Crippen molar-refractivity contribution in [3.63, 3.8) is 0 Å². The van der Waals surface area contributed by atoms with Crippen LogP contribution < -0.4 is 5.43 Å². The second-order valence-corrected chi connectivity index (χ2v) is 6.31. The molecule has 0 N–H and O–H groups in total. The van der Waals surface area contributed by atoms with Crippen LogP contribution in [0.2, 0.25) is 0 Å². The van der Waals surface area contributed by atoms with Crippen LogP contribution in [0, 0.1) is 6.92 Å². The van der Waals surface area contributed by atoms with Crippen molar-refractivity contribution >= 4 is 0 Å². The number of aromatic nitrogens is 1. The van der Waals surface area contributed by atoms with Gasteiger partial charge in [-0.05, 0) is 30.2 Å². The smallest absolute Gasteiger partial charge is 0.182 e. The first-order valence-corrected chi connectivity index (χ1v) is 8.68. The summed E-state index contributed by atoms with van der Waals surface area (Å²) in [5.41, 5.74) is 6.05. The summed E-state index contributed by atoms with van der Waals surface area (Å²) in [6, 6.07) is 31.8. The van der Waals surface area contributed by atoms with Gasteiger partial charge in [0.15, 0.2) is 5.43 Å². The molecule has 0 aliphatic heterocycles. The van der Waals surface area contributed by atoms with Crippen LogP contribution in [0.15, 0.2) is 102 Å². The molecule has 0 amide bonds. The zero-order chi connectivity index (χ0) is 17.9. The molecule has 4 rings (SSSR count). The lowest BCUT2D eigenvalue weighted by Gasteiger charge is -2.20. The van der Waals surface area contributed by atoms with Gasteiger partial charge in [0.1, 0.15) is 0 Å². The van der Waals surface area contributed by atoms with E-state index in [1.807, 2.05) is 60.7 Å². The van der Waals surface area contributed by atoms with Gasteiger partial charge >= 0.3 is 0 Å². The first kappa shape index (κ1) is 16.1. The van der Waals surface area contributed by atoms with Crippen molar-refractivity contribution in [1.82, 2.24) is 4.57 Å². The Morgan fingerprint density at radius 2 is 1.23 bits per heavy atom. The minimum Gasteiger partial charge on any atom is -0.309 e. The molecule has 26 heavy (non-hydrogen) atoms. The summed E-state index contributed by atoms with van der Waals surface area (Å²) < 4.78 is 2.17. The summed E-state index contributed by atoms with van der Waals surface area (Å²) in [4.78, 5) is 12.5. The van der Waals surface area contributed by atoms with Gasteiger partial charge in [-0.3, -0.25) is 4.79 Å². The van der Waals surface area contributed by atoms with E-state index in [-0.39, 0.29) is 5.43 Å². The fourth-order valence-electron chi connectivity index (χ4n) is 3.31. The van der Waals surface area contributed by atoms with Crippen LogP contribution in [-0.2, 0) is 0 Å². The van der Waals surface area contributed by atoms with Gasteiger partial charge in [0.2, 0.25) is 0 Å². The molecular weight excluding hydrogens is 318 g/mol. The number of benzene rings is 3. The minimum absolute atomic E-state index is 0.00860. The van der Waals surface area contributed by atoms with Crippen LogP contribution in [0.3, 0.4) is 0 Å². The van der Waals surface area contributed by atoms with E-state index in [1.165, 1.54) is 0 Å². The Hall–Kier alpha value is -3.39. The number of nitrogens with zero attached hydrogens (tertiary/aromatic N) is 1. The topological polar surface area (TPSA) is 22.0 Å². The Kier molecular flexibility index (Phi) is 4.24. The maximum atomic E-state index is 12.5. The lowest BCUT2D eigenvalue weighted by Crippen LogP contribution is -2.11. The third kappa shape index (κ3) is 2.98. The molecule has 0 atom stereocenters. The summed E-state index contributed by atoms with van der Waals surface area (Å²) in [7, 11) is 0. The molecule has 0 spiro atoms. The molecule has 4 aromatic rings. The number of aryl methyl sites for hydroxylation is 1. The van der Waals surface area contributed by atoms with Gasteiger partial charge in [0.25, 0.3) is 0 Å². The zero-order valence-electron chi connectivity index (χ0n) is 14.6. The molecule has 0 fully saturated rings. The van der Waals surface area contributed by atoms with Gasteiger partial charge in [0.05, 0.1) is 11.4 Å². The van der Waals surface area contributed by atoms with Crippen LogP contribution in [-0.4, -0.2) is 4.57 Å². The molecule has 0 unspecified atom stereocenters. The molecule has 126 valence electrons. The summed E-state index contributed by atoms with van der Waals surface area (Å²) in [5.74, 6) is 0. The molecule has 0 saturated carbocycles. The highest BCUT2D eigenvalue weighted by atomic mass is 16.1. The number of rotatable bonds is 3. The van der Waals surface area contributed by atoms with Gasteiger partial charge in [0, 0.05) is 23.4 Å². The summed E-state index contributed by atoms with van der Waals surface area (Å²) in [5, 5.41) is 0. The van der Waals surface area contributed by atoms with E-state index in [2.05, 4.69) is 35.8 Å². The molecule has 1 aromatic heterocycles. The average molecular weight is 337 g/mol. The van der Waals surface area contributed by atoms with E-state index in [4.69, 9.17) is 0 Å². The van der Waals surface area contributed by atoms with Crippen molar-refractivity contribution in [1.29, 1.82) is 0 Å². The first-order valence-electron chi connectivity index (χ1n) is 8.68. The van der Waals surface area contributed by atoms with Crippen molar-refractivity contribution in [2.45, 2.75) is 6.92 Å². The molecule has 1 heterocycles. The maximum absolute atomic E-state index is 12.5. The Morgan fingerprint density at radius 3 is 1.92 bits per heavy atom. The van der Waals surface area contributed by atoms with E-state index < -0.39 is 0 Å². The maximum Gasteiger partial charge on any atom is 0.182 e. The standard InChI is InChI=1S/C24H19NO/c1-18-10-8-9-15-22(18)24-17-21(26)16-23(19-11-4-2-5-12-19)25(24)20-13-6-3-7-14-20/h2-17H,1H3. The van der Waals surface area contributed by atoms with Crippen molar-refractivity contribution in [2.75, 3.05) is 0 Å². The second-order valence-electron chi connectivity index (χ2n) is 6.31. The van der Waals surface area contributed by atoms with Crippen LogP contribution >= 0.6 is 0 Å². The Morgan fingerprint density at radius 1 is 0.654 bits per heavy atom. The van der Waals surface area contributed by atoms with Crippen molar-refractivity contribution < 1.29 is 0 Å². The molecule has 2 nitrogen and oxygen atoms in total. The Bertz CT molecular complexity index is 1100. The fourth-order valence-corrected chi connectivity index (χ4v) is 3.31. The van der Waals surface area contributed by atoms with Crippen molar-refractivity contribution in [2.24, 2.45) is 0 Å². The van der Waals surface area contributed by atoms with E-state index in [0.717, 1.165) is 33.8 Å². The van der Waals surface area contributed by atoms with Gasteiger partial charge in [-0.2, -0.15) is 0 Å². The van der Waals surface area contributed by atoms with E-state index in [0.29, 0.717) is 0 Å². The van der Waals surface area contributed by atoms with E-state index in [1.54, 1.807) is 12.1 Å². The third-order valence-electron chi connectivity index (χ3n) is 4.54. The molecule has 0 aliphatic carbocycles. The van der Waals surface area contributed by atoms with Gasteiger partial charge in [-0.25, -0.2) is 0 Å². The molecule has 0 bridgehead atoms. The highest BCUT2D eigenvalue weighted by molar-refractivity contribution is 5.72. The largest absolute Gasteiger partial charge is 0.309 e. The van der Waals surface area contributed by atoms with Crippen molar-refractivity contribution in [3.05, 3.63) is 113 Å². The predicted octanol–water partition coefficient (Wildman–Crippen LogP) is 5.48. The Balaban J connectivity index is 2.11. The average Bonchev–Trinajstić information content (AvgIpc) is 2.69. The van der Waals surface area contributed by atoms with E-state index >= 15 is 0 Å². The number of pyridine rings is 1. The predicted molar refractivity (Wildman–Crippen MR) is 108 cm³/mol. The van der Waals surface area contributed by atoms with Gasteiger partial charge in [-0.1, -0.05) is 72.8 Å². The number of hydrogen-bond acceptors (Lipinski definition) is 1. The van der Waals surface area contributed by atoms with Crippen molar-refractivity contribution in [3.8, 4) is 28.2 Å². The highest BCUT2D eigenvalue weighted by Gasteiger charge is 2.14. The molecule has 0 radical (unpaired) electrons. The Labute approximate surface area is 153 Å². The summed E-state index contributed by atoms with van der Waals surface area (Å²) >= 11 is 0. The third-order valence-corrected chi connectivity index (χ3v) is 4.54. The molecule has 0 aliphatic rings. The summed E-state index contributed by atoms with van der Waals surface area (Å²) in [6.07, 6.45) is 0. The van der Waals surface area contributed by atoms with Crippen LogP contribution in [0.4, 0.5) is 0 Å². The zero-order valence-corrected chi connectivity index (χ0v) is 14.6. The first-order chi connectivity index (χ1) is 12.7. The number of hydrogen-bond donors (Lipinski definition) is 0. The highest BCUT2D eigenvalue weighted by Crippen LogP contribution is 2.30. The summed E-state index contributed by atoms with van der Waals surface area (Å²) in [6.45, 7) is 2.07. The van der Waals surface area contributed by atoms with Gasteiger partial charge < -0.3 is 4.57 Å². The molecule has 0 saturated heterocycles. The molecular formula is C24H19NO. The van der Waals surface area contributed by atoms with Crippen LogP contribution in [0.1, 0.15) is 5.56 Å². The van der Waals surface area contributed by atoms with Gasteiger partial charge in [-0.15, -0.1) is 0 Å². The van der Waals surface area contributed by atoms with Crippen LogP contribution in [0.5, 0.6) is 0 Å². The van der Waals surface area contributed by atoms with Crippen LogP contribution in [0.25, 0.3) is 28.2 Å². The molecule has 3 aromatic carbocycles. The number of para-hydroxylation sites is 1. The quantitative estimate of drug-likeness (QED) is 0.485. The monoisotopic (exact) mass is 337 g/mol. The van der Waals surface area contributed by atoms with E-state index in [9.17, 15) is 4.79 Å². The molecule has 2 heteroatoms. The normalized spacial score (nSPS) is 10.7. The fraction of sp³-hybridized carbons (Fsp3) is 0.0417. The SMILES string of the molecule is Cc1ccccc1-c1cc(=O)cc(-c2ccccc2)n1-c1ccccc1. The lowest BCUT2D eigenvalue weighted by atomic mass is 10.0. The minimum atomic E-state index is 0.00860. The lowest BCUT2D eigenvalue weighted by molar-refractivity contribution is 1.05.